The van der Waals surface area contributed by atoms with Crippen LogP contribution < -0.4 is 10.6 Å². The number of rotatable bonds is 2. The van der Waals surface area contributed by atoms with E-state index in [1.807, 2.05) is 0 Å². The summed E-state index contributed by atoms with van der Waals surface area (Å²) in [6.45, 7) is 0.620. The van der Waals surface area contributed by atoms with E-state index in [2.05, 4.69) is 10.6 Å². The van der Waals surface area contributed by atoms with Crippen LogP contribution in [0.5, 0.6) is 0 Å². The lowest BCUT2D eigenvalue weighted by molar-refractivity contribution is -0.119. The maximum Gasteiger partial charge on any atom is 0.221 e. The first-order valence-corrected chi connectivity index (χ1v) is 6.60. The molecule has 1 amide bonds. The molecule has 2 aliphatic heterocycles. The number of sulfone groups is 1. The van der Waals surface area contributed by atoms with Gasteiger partial charge in [-0.1, -0.05) is 0 Å². The molecule has 2 saturated heterocycles. The molecule has 2 aliphatic rings. The Labute approximate surface area is 83.2 Å². The molecule has 0 aromatic rings. The minimum Gasteiger partial charge on any atom is -0.354 e. The van der Waals surface area contributed by atoms with E-state index in [-0.39, 0.29) is 29.5 Å². The Morgan fingerprint density at radius 2 is 2.14 bits per heavy atom. The lowest BCUT2D eigenvalue weighted by Gasteiger charge is -2.15. The van der Waals surface area contributed by atoms with Gasteiger partial charge in [-0.25, -0.2) is 8.42 Å². The van der Waals surface area contributed by atoms with Gasteiger partial charge in [-0.2, -0.15) is 0 Å². The monoisotopic (exact) mass is 218 g/mol. The van der Waals surface area contributed by atoms with Crippen LogP contribution in [0.25, 0.3) is 0 Å². The van der Waals surface area contributed by atoms with E-state index in [1.165, 1.54) is 0 Å². The average molecular weight is 218 g/mol. The first-order chi connectivity index (χ1) is 6.55. The molecule has 14 heavy (non-hydrogen) atoms. The topological polar surface area (TPSA) is 75.3 Å². The smallest absolute Gasteiger partial charge is 0.221 e. The zero-order chi connectivity index (χ0) is 10.2. The molecular weight excluding hydrogens is 204 g/mol. The van der Waals surface area contributed by atoms with Crippen LogP contribution >= 0.6 is 0 Å². The largest absolute Gasteiger partial charge is 0.354 e. The number of nitrogens with one attached hydrogen (secondary N) is 2. The van der Waals surface area contributed by atoms with Crippen LogP contribution in [0, 0.1) is 0 Å². The molecule has 0 bridgehead atoms. The van der Waals surface area contributed by atoms with E-state index in [1.54, 1.807) is 0 Å². The number of carbonyl (C=O) groups excluding carboxylic acids is 1. The van der Waals surface area contributed by atoms with Gasteiger partial charge in [-0.15, -0.1) is 0 Å². The molecule has 0 aliphatic carbocycles. The van der Waals surface area contributed by atoms with E-state index in [0.29, 0.717) is 19.4 Å². The molecule has 0 aromatic heterocycles. The number of hydrogen-bond acceptors (Lipinski definition) is 4. The van der Waals surface area contributed by atoms with Crippen molar-refractivity contribution >= 4 is 15.7 Å². The van der Waals surface area contributed by atoms with E-state index < -0.39 is 9.84 Å². The van der Waals surface area contributed by atoms with Crippen molar-refractivity contribution in [2.75, 3.05) is 18.1 Å². The van der Waals surface area contributed by atoms with Crippen molar-refractivity contribution in [1.29, 1.82) is 0 Å². The molecule has 2 rings (SSSR count). The Morgan fingerprint density at radius 1 is 1.36 bits per heavy atom. The summed E-state index contributed by atoms with van der Waals surface area (Å²) in [4.78, 5) is 10.9. The van der Waals surface area contributed by atoms with E-state index >= 15 is 0 Å². The van der Waals surface area contributed by atoms with Gasteiger partial charge in [-0.05, 0) is 6.42 Å². The minimum absolute atomic E-state index is 0.0395. The molecule has 2 unspecified atom stereocenters. The van der Waals surface area contributed by atoms with Crippen molar-refractivity contribution < 1.29 is 13.2 Å². The van der Waals surface area contributed by atoms with Gasteiger partial charge < -0.3 is 10.6 Å². The van der Waals surface area contributed by atoms with Crippen LogP contribution in [0.3, 0.4) is 0 Å². The van der Waals surface area contributed by atoms with Gasteiger partial charge in [0.1, 0.15) is 0 Å². The first-order valence-electron chi connectivity index (χ1n) is 4.78. The van der Waals surface area contributed by atoms with Crippen LogP contribution in [0.2, 0.25) is 0 Å². The lowest BCUT2D eigenvalue weighted by Crippen LogP contribution is -2.40. The van der Waals surface area contributed by atoms with Gasteiger partial charge in [0, 0.05) is 25.0 Å². The fraction of sp³-hybridized carbons (Fsp3) is 0.875. The lowest BCUT2D eigenvalue weighted by atomic mass is 10.2. The third-order valence-electron chi connectivity index (χ3n) is 2.68. The summed E-state index contributed by atoms with van der Waals surface area (Å²) in [5.74, 6) is 0.541. The van der Waals surface area contributed by atoms with Gasteiger partial charge >= 0.3 is 0 Å². The summed E-state index contributed by atoms with van der Waals surface area (Å²) in [5.41, 5.74) is 0. The van der Waals surface area contributed by atoms with E-state index in [0.717, 1.165) is 0 Å². The highest BCUT2D eigenvalue weighted by molar-refractivity contribution is 7.91. The second-order valence-electron chi connectivity index (χ2n) is 3.97. The van der Waals surface area contributed by atoms with E-state index in [4.69, 9.17) is 0 Å². The molecule has 0 aromatic carbocycles. The molecule has 80 valence electrons. The summed E-state index contributed by atoms with van der Waals surface area (Å²) in [6.07, 6.45) is 1.14. The zero-order valence-electron chi connectivity index (χ0n) is 7.82. The standard InChI is InChI=1S/C8H14N2O3S/c11-8-3-7(4-9-8)10-6-1-2-14(12,13)5-6/h6-7,10H,1-5H2,(H,9,11). The average Bonchev–Trinajstić information content (AvgIpc) is 2.59. The SMILES string of the molecule is O=C1CC(NC2CCS(=O)(=O)C2)CN1. The Hall–Kier alpha value is -0.620. The number of carbonyl (C=O) groups is 1. The fourth-order valence-corrected chi connectivity index (χ4v) is 3.67. The van der Waals surface area contributed by atoms with Crippen molar-refractivity contribution in [3.63, 3.8) is 0 Å². The van der Waals surface area contributed by atoms with Crippen molar-refractivity contribution in [3.8, 4) is 0 Å². The highest BCUT2D eigenvalue weighted by Crippen LogP contribution is 2.13. The van der Waals surface area contributed by atoms with Gasteiger partial charge in [0.25, 0.3) is 0 Å². The molecule has 2 N–H and O–H groups in total. The third kappa shape index (κ3) is 2.24. The second kappa shape index (κ2) is 3.51. The Balaban J connectivity index is 1.85. The van der Waals surface area contributed by atoms with Gasteiger partial charge in [0.2, 0.25) is 5.91 Å². The third-order valence-corrected chi connectivity index (χ3v) is 4.45. The van der Waals surface area contributed by atoms with Crippen LogP contribution in [-0.2, 0) is 14.6 Å². The normalized spacial score (nSPS) is 35.9. The molecule has 0 saturated carbocycles. The summed E-state index contributed by atoms with van der Waals surface area (Å²) < 4.78 is 22.3. The van der Waals surface area contributed by atoms with Crippen molar-refractivity contribution in [2.24, 2.45) is 0 Å². The molecule has 5 nitrogen and oxygen atoms in total. The molecule has 2 atom stereocenters. The van der Waals surface area contributed by atoms with E-state index in [9.17, 15) is 13.2 Å². The fourth-order valence-electron chi connectivity index (χ4n) is 1.98. The van der Waals surface area contributed by atoms with Gasteiger partial charge in [0.15, 0.2) is 9.84 Å². The molecule has 6 heteroatoms. The quantitative estimate of drug-likeness (QED) is 0.601. The molecule has 2 fully saturated rings. The molecule has 2 heterocycles. The van der Waals surface area contributed by atoms with Crippen LogP contribution in [0.4, 0.5) is 0 Å². The Kier molecular flexibility index (Phi) is 2.48. The highest BCUT2D eigenvalue weighted by atomic mass is 32.2. The maximum absolute atomic E-state index is 11.2. The Morgan fingerprint density at radius 3 is 2.64 bits per heavy atom. The van der Waals surface area contributed by atoms with Crippen LogP contribution in [0.1, 0.15) is 12.8 Å². The molecule has 0 radical (unpaired) electrons. The zero-order valence-corrected chi connectivity index (χ0v) is 8.64. The van der Waals surface area contributed by atoms with Crippen molar-refractivity contribution in [3.05, 3.63) is 0 Å². The number of amides is 1. The molecular formula is C8H14N2O3S. The van der Waals surface area contributed by atoms with Crippen LogP contribution in [-0.4, -0.2) is 44.5 Å². The van der Waals surface area contributed by atoms with Gasteiger partial charge in [0.05, 0.1) is 11.5 Å². The van der Waals surface area contributed by atoms with Crippen molar-refractivity contribution in [2.45, 2.75) is 24.9 Å². The Bertz CT molecular complexity index is 338. The highest BCUT2D eigenvalue weighted by Gasteiger charge is 2.31. The maximum atomic E-state index is 11.2. The second-order valence-corrected chi connectivity index (χ2v) is 6.20. The predicted molar refractivity (Wildman–Crippen MR) is 51.6 cm³/mol. The van der Waals surface area contributed by atoms with Crippen LogP contribution in [0.15, 0.2) is 0 Å². The van der Waals surface area contributed by atoms with Crippen molar-refractivity contribution in [1.82, 2.24) is 10.6 Å². The molecule has 0 spiro atoms. The number of hydrogen-bond donors (Lipinski definition) is 2. The summed E-state index contributed by atoms with van der Waals surface area (Å²) in [5, 5.41) is 5.91. The van der Waals surface area contributed by atoms with Gasteiger partial charge in [-0.3, -0.25) is 4.79 Å². The summed E-state index contributed by atoms with van der Waals surface area (Å²) >= 11 is 0. The summed E-state index contributed by atoms with van der Waals surface area (Å²) in [7, 11) is -2.82. The minimum atomic E-state index is -2.82. The predicted octanol–water partition coefficient (Wildman–Crippen LogP) is -1.35. The summed E-state index contributed by atoms with van der Waals surface area (Å²) in [6, 6.07) is 0.151. The first kappa shape index (κ1) is 9.92.